The van der Waals surface area contributed by atoms with E-state index in [4.69, 9.17) is 9.47 Å². The molecule has 0 saturated heterocycles. The lowest BCUT2D eigenvalue weighted by Gasteiger charge is -2.21. The molecule has 0 radical (unpaired) electrons. The number of carbonyl (C=O) groups excluding carboxylic acids is 3. The van der Waals surface area contributed by atoms with Crippen LogP contribution in [0.1, 0.15) is 56.8 Å². The number of ether oxygens (including phenoxy) is 2. The van der Waals surface area contributed by atoms with Crippen LogP contribution in [0.5, 0.6) is 0 Å². The molecule has 1 N–H and O–H groups in total. The first-order valence-electron chi connectivity index (χ1n) is 9.33. The van der Waals surface area contributed by atoms with E-state index < -0.39 is 5.97 Å². The molecule has 2 amide bonds. The first kappa shape index (κ1) is 22.6. The molecule has 0 aromatic heterocycles. The Bertz CT molecular complexity index is 645. The third-order valence-electron chi connectivity index (χ3n) is 3.92. The van der Waals surface area contributed by atoms with E-state index in [-0.39, 0.29) is 30.6 Å². The lowest BCUT2D eigenvalue weighted by atomic mass is 10.1. The Morgan fingerprint density at radius 2 is 1.85 bits per heavy atom. The molecule has 1 aromatic carbocycles. The predicted octanol–water partition coefficient (Wildman–Crippen LogP) is 3.38. The van der Waals surface area contributed by atoms with Crippen molar-refractivity contribution in [3.8, 4) is 0 Å². The van der Waals surface area contributed by atoms with Gasteiger partial charge in [-0.2, -0.15) is 0 Å². The van der Waals surface area contributed by atoms with Gasteiger partial charge in [-0.25, -0.2) is 4.79 Å². The molecule has 0 atom stereocenters. The second kappa shape index (κ2) is 12.1. The van der Waals surface area contributed by atoms with Crippen LogP contribution in [0, 0.1) is 0 Å². The zero-order valence-electron chi connectivity index (χ0n) is 16.7. The molecule has 0 aliphatic carbocycles. The number of hydrogen-bond acceptors (Lipinski definition) is 5. The van der Waals surface area contributed by atoms with Crippen LogP contribution in [0.25, 0.3) is 0 Å². The minimum absolute atomic E-state index is 0.0742. The highest BCUT2D eigenvalue weighted by molar-refractivity contribution is 6.04. The Morgan fingerprint density at radius 1 is 1.11 bits per heavy atom. The Morgan fingerprint density at radius 3 is 2.48 bits per heavy atom. The van der Waals surface area contributed by atoms with Gasteiger partial charge in [-0.15, -0.1) is 0 Å². The highest BCUT2D eigenvalue weighted by Gasteiger charge is 2.20. The lowest BCUT2D eigenvalue weighted by Crippen LogP contribution is -2.32. The molecule has 0 bridgehead atoms. The SMILES string of the molecule is CCCCCCOCC(=O)N(C)c1cc(NC(C)=O)ccc1C(=O)OCC. The number of amides is 2. The van der Waals surface area contributed by atoms with E-state index in [2.05, 4.69) is 12.2 Å². The summed E-state index contributed by atoms with van der Waals surface area (Å²) in [6, 6.07) is 4.71. The largest absolute Gasteiger partial charge is 0.462 e. The van der Waals surface area contributed by atoms with Crippen LogP contribution in [-0.4, -0.2) is 44.7 Å². The smallest absolute Gasteiger partial charge is 0.340 e. The van der Waals surface area contributed by atoms with Crippen LogP contribution < -0.4 is 10.2 Å². The standard InChI is InChI=1S/C20H30N2O5/c1-5-7-8-9-12-26-14-19(24)22(4)18-13-16(21-15(3)23)10-11-17(18)20(25)27-6-2/h10-11,13H,5-9,12,14H2,1-4H3,(H,21,23). The van der Waals surface area contributed by atoms with Gasteiger partial charge in [-0.05, 0) is 31.5 Å². The maximum Gasteiger partial charge on any atom is 0.340 e. The average Bonchev–Trinajstić information content (AvgIpc) is 2.63. The van der Waals surface area contributed by atoms with Gasteiger partial charge in [0.2, 0.25) is 5.91 Å². The molecule has 0 aliphatic heterocycles. The molecule has 7 heteroatoms. The summed E-state index contributed by atoms with van der Waals surface area (Å²) in [7, 11) is 1.57. The van der Waals surface area contributed by atoms with Gasteiger partial charge >= 0.3 is 5.97 Å². The summed E-state index contributed by atoms with van der Waals surface area (Å²) in [5, 5.41) is 2.65. The van der Waals surface area contributed by atoms with Crippen molar-refractivity contribution in [3.63, 3.8) is 0 Å². The summed E-state index contributed by atoms with van der Waals surface area (Å²) in [4.78, 5) is 37.3. The van der Waals surface area contributed by atoms with Gasteiger partial charge < -0.3 is 19.7 Å². The summed E-state index contributed by atoms with van der Waals surface area (Å²) in [6.45, 7) is 5.91. The number of benzene rings is 1. The van der Waals surface area contributed by atoms with Gasteiger partial charge in [0.15, 0.2) is 0 Å². The van der Waals surface area contributed by atoms with E-state index in [1.807, 2.05) is 0 Å². The highest BCUT2D eigenvalue weighted by atomic mass is 16.5. The Kier molecular flexibility index (Phi) is 10.1. The number of carbonyl (C=O) groups is 3. The Balaban J connectivity index is 2.86. The second-order valence-corrected chi connectivity index (χ2v) is 6.20. The Labute approximate surface area is 161 Å². The molecule has 0 saturated carbocycles. The number of anilines is 2. The molecule has 150 valence electrons. The van der Waals surface area contributed by atoms with Gasteiger partial charge in [-0.1, -0.05) is 26.2 Å². The minimum atomic E-state index is -0.526. The van der Waals surface area contributed by atoms with Gasteiger partial charge in [0.1, 0.15) is 6.61 Å². The van der Waals surface area contributed by atoms with Crippen LogP contribution in [0.15, 0.2) is 18.2 Å². The highest BCUT2D eigenvalue weighted by Crippen LogP contribution is 2.25. The van der Waals surface area contributed by atoms with Crippen molar-refractivity contribution in [2.24, 2.45) is 0 Å². The molecule has 0 unspecified atom stereocenters. The molecular weight excluding hydrogens is 348 g/mol. The number of esters is 1. The summed E-state index contributed by atoms with van der Waals surface area (Å²) >= 11 is 0. The van der Waals surface area contributed by atoms with Crippen LogP contribution in [0.2, 0.25) is 0 Å². The van der Waals surface area contributed by atoms with Crippen molar-refractivity contribution in [1.29, 1.82) is 0 Å². The first-order chi connectivity index (χ1) is 12.9. The number of rotatable bonds is 11. The van der Waals surface area contributed by atoms with Crippen molar-refractivity contribution >= 4 is 29.2 Å². The van der Waals surface area contributed by atoms with Gasteiger partial charge in [0, 0.05) is 26.3 Å². The van der Waals surface area contributed by atoms with E-state index in [9.17, 15) is 14.4 Å². The van der Waals surface area contributed by atoms with Crippen molar-refractivity contribution < 1.29 is 23.9 Å². The number of likely N-dealkylation sites (N-methyl/N-ethyl adjacent to an activating group) is 1. The molecule has 27 heavy (non-hydrogen) atoms. The zero-order chi connectivity index (χ0) is 20.2. The summed E-state index contributed by atoms with van der Waals surface area (Å²) in [5.41, 5.74) is 1.11. The third kappa shape index (κ3) is 7.78. The monoisotopic (exact) mass is 378 g/mol. The van der Waals surface area contributed by atoms with Crippen LogP contribution in [-0.2, 0) is 19.1 Å². The summed E-state index contributed by atoms with van der Waals surface area (Å²) in [6.07, 6.45) is 4.28. The zero-order valence-corrected chi connectivity index (χ0v) is 16.7. The van der Waals surface area contributed by atoms with E-state index in [0.29, 0.717) is 18.0 Å². The maximum absolute atomic E-state index is 12.5. The van der Waals surface area contributed by atoms with Crippen molar-refractivity contribution in [2.75, 3.05) is 37.1 Å². The summed E-state index contributed by atoms with van der Waals surface area (Å²) in [5.74, 6) is -1.05. The van der Waals surface area contributed by atoms with E-state index in [1.165, 1.54) is 17.9 Å². The molecule has 0 spiro atoms. The maximum atomic E-state index is 12.5. The molecule has 1 rings (SSSR count). The molecule has 0 fully saturated rings. The fourth-order valence-corrected chi connectivity index (χ4v) is 2.49. The van der Waals surface area contributed by atoms with Gasteiger partial charge in [0.25, 0.3) is 5.91 Å². The molecule has 0 aliphatic rings. The normalized spacial score (nSPS) is 10.4. The van der Waals surface area contributed by atoms with Crippen molar-refractivity contribution in [1.82, 2.24) is 0 Å². The van der Waals surface area contributed by atoms with Crippen LogP contribution in [0.3, 0.4) is 0 Å². The molecule has 7 nitrogen and oxygen atoms in total. The van der Waals surface area contributed by atoms with Crippen molar-refractivity contribution in [2.45, 2.75) is 46.5 Å². The van der Waals surface area contributed by atoms with E-state index >= 15 is 0 Å². The second-order valence-electron chi connectivity index (χ2n) is 6.20. The number of unbranched alkanes of at least 4 members (excludes halogenated alkanes) is 3. The predicted molar refractivity (Wildman–Crippen MR) is 105 cm³/mol. The fourth-order valence-electron chi connectivity index (χ4n) is 2.49. The quantitative estimate of drug-likeness (QED) is 0.471. The van der Waals surface area contributed by atoms with Gasteiger partial charge in [0.05, 0.1) is 17.9 Å². The van der Waals surface area contributed by atoms with E-state index in [1.54, 1.807) is 26.1 Å². The topological polar surface area (TPSA) is 84.9 Å². The van der Waals surface area contributed by atoms with Crippen LogP contribution >= 0.6 is 0 Å². The number of nitrogens with zero attached hydrogens (tertiary/aromatic N) is 1. The van der Waals surface area contributed by atoms with Crippen LogP contribution in [0.4, 0.5) is 11.4 Å². The molecular formula is C20H30N2O5. The fraction of sp³-hybridized carbons (Fsp3) is 0.550. The summed E-state index contributed by atoms with van der Waals surface area (Å²) < 4.78 is 10.5. The number of hydrogen-bond donors (Lipinski definition) is 1. The molecule has 1 aromatic rings. The minimum Gasteiger partial charge on any atom is -0.462 e. The van der Waals surface area contributed by atoms with Crippen molar-refractivity contribution in [3.05, 3.63) is 23.8 Å². The first-order valence-corrected chi connectivity index (χ1v) is 9.33. The average molecular weight is 378 g/mol. The Hall–Kier alpha value is -2.41. The number of nitrogens with one attached hydrogen (secondary N) is 1. The molecule has 0 heterocycles. The van der Waals surface area contributed by atoms with Gasteiger partial charge in [-0.3, -0.25) is 9.59 Å². The third-order valence-corrected chi connectivity index (χ3v) is 3.92. The van der Waals surface area contributed by atoms with E-state index in [0.717, 1.165) is 25.7 Å². The lowest BCUT2D eigenvalue weighted by molar-refractivity contribution is -0.122.